The van der Waals surface area contributed by atoms with Gasteiger partial charge in [-0.15, -0.1) is 0 Å². The monoisotopic (exact) mass is 389 g/mol. The Morgan fingerprint density at radius 1 is 0.828 bits per heavy atom. The summed E-state index contributed by atoms with van der Waals surface area (Å²) in [6.07, 6.45) is 0. The van der Waals surface area contributed by atoms with E-state index in [1.165, 1.54) is 17.2 Å². The van der Waals surface area contributed by atoms with E-state index in [9.17, 15) is 9.18 Å². The molecule has 0 aliphatic carbocycles. The molecule has 4 rings (SSSR count). The van der Waals surface area contributed by atoms with Crippen molar-refractivity contribution in [2.24, 2.45) is 5.73 Å². The first-order valence-corrected chi connectivity index (χ1v) is 9.82. The molecule has 1 amide bonds. The topological polar surface area (TPSA) is 49.6 Å². The molecule has 0 aromatic heterocycles. The highest BCUT2D eigenvalue weighted by Gasteiger charge is 2.27. The second-order valence-corrected chi connectivity index (χ2v) is 7.28. The Bertz CT molecular complexity index is 930. The maximum Gasteiger partial charge on any atom is 0.248 e. The fourth-order valence-electron chi connectivity index (χ4n) is 4.02. The van der Waals surface area contributed by atoms with Gasteiger partial charge < -0.3 is 10.6 Å². The average Bonchev–Trinajstić information content (AvgIpc) is 2.76. The molecule has 0 bridgehead atoms. The molecule has 1 heterocycles. The van der Waals surface area contributed by atoms with Crippen molar-refractivity contribution in [1.29, 1.82) is 0 Å². The van der Waals surface area contributed by atoms with Crippen molar-refractivity contribution in [1.82, 2.24) is 4.90 Å². The lowest BCUT2D eigenvalue weighted by atomic mass is 9.96. The molecule has 1 aliphatic heterocycles. The van der Waals surface area contributed by atoms with Gasteiger partial charge in [0.05, 0.1) is 11.7 Å². The fraction of sp³-hybridized carbons (Fsp3) is 0.208. The Labute approximate surface area is 170 Å². The molecule has 0 unspecified atom stereocenters. The summed E-state index contributed by atoms with van der Waals surface area (Å²) in [6, 6.07) is 25.6. The van der Waals surface area contributed by atoms with Crippen LogP contribution in [0.4, 0.5) is 10.1 Å². The second kappa shape index (κ2) is 8.45. The van der Waals surface area contributed by atoms with Gasteiger partial charge in [0, 0.05) is 31.7 Å². The number of benzene rings is 3. The second-order valence-electron chi connectivity index (χ2n) is 7.28. The molecule has 1 fully saturated rings. The molecule has 0 saturated carbocycles. The lowest BCUT2D eigenvalue weighted by Crippen LogP contribution is -2.48. The van der Waals surface area contributed by atoms with E-state index in [-0.39, 0.29) is 11.6 Å². The summed E-state index contributed by atoms with van der Waals surface area (Å²) in [6.45, 7) is 3.04. The summed E-state index contributed by atoms with van der Waals surface area (Å²) in [4.78, 5) is 15.7. The molecule has 29 heavy (non-hydrogen) atoms. The predicted octanol–water partition coefficient (Wildman–Crippen LogP) is 3.84. The first kappa shape index (κ1) is 19.2. The van der Waals surface area contributed by atoms with Crippen LogP contribution in [-0.2, 0) is 0 Å². The Morgan fingerprint density at radius 2 is 1.38 bits per heavy atom. The summed E-state index contributed by atoms with van der Waals surface area (Å²) in [7, 11) is 0. The number of nitrogens with two attached hydrogens (primary N) is 1. The number of hydrogen-bond acceptors (Lipinski definition) is 3. The number of carbonyl (C=O) groups excluding carboxylic acids is 1. The van der Waals surface area contributed by atoms with Crippen LogP contribution in [-0.4, -0.2) is 37.0 Å². The summed E-state index contributed by atoms with van der Waals surface area (Å²) >= 11 is 0. The van der Waals surface area contributed by atoms with E-state index in [1.54, 1.807) is 12.1 Å². The third kappa shape index (κ3) is 4.15. The molecule has 0 atom stereocenters. The average molecular weight is 389 g/mol. The van der Waals surface area contributed by atoms with E-state index in [0.29, 0.717) is 18.8 Å². The van der Waals surface area contributed by atoms with E-state index >= 15 is 0 Å². The molecule has 1 aliphatic rings. The summed E-state index contributed by atoms with van der Waals surface area (Å²) in [5, 5.41) is 0. The molecule has 0 spiro atoms. The SMILES string of the molecule is NC(=O)c1ccc(N2CCN(C(c3ccccc3)c3ccccc3)CC2)c(F)c1. The van der Waals surface area contributed by atoms with Crippen LogP contribution in [0.5, 0.6) is 0 Å². The zero-order valence-corrected chi connectivity index (χ0v) is 16.2. The minimum absolute atomic E-state index is 0.168. The number of hydrogen-bond donors (Lipinski definition) is 1. The Kier molecular flexibility index (Phi) is 5.58. The number of anilines is 1. The third-order valence-electron chi connectivity index (χ3n) is 5.48. The molecule has 1 saturated heterocycles. The van der Waals surface area contributed by atoms with E-state index in [1.807, 2.05) is 17.0 Å². The first-order valence-electron chi connectivity index (χ1n) is 9.82. The zero-order chi connectivity index (χ0) is 20.2. The number of nitrogens with zero attached hydrogens (tertiary/aromatic N) is 2. The predicted molar refractivity (Wildman–Crippen MR) is 113 cm³/mol. The minimum atomic E-state index is -0.617. The van der Waals surface area contributed by atoms with E-state index in [2.05, 4.69) is 53.4 Å². The van der Waals surface area contributed by atoms with Crippen LogP contribution in [0.2, 0.25) is 0 Å². The molecule has 148 valence electrons. The summed E-state index contributed by atoms with van der Waals surface area (Å²) in [5.41, 5.74) is 8.47. The molecule has 0 radical (unpaired) electrons. The van der Waals surface area contributed by atoms with E-state index in [0.717, 1.165) is 13.1 Å². The van der Waals surface area contributed by atoms with Gasteiger partial charge in [-0.3, -0.25) is 9.69 Å². The van der Waals surface area contributed by atoms with Crippen LogP contribution in [0.3, 0.4) is 0 Å². The van der Waals surface area contributed by atoms with Crippen LogP contribution < -0.4 is 10.6 Å². The fourth-order valence-corrected chi connectivity index (χ4v) is 4.02. The van der Waals surface area contributed by atoms with Crippen molar-refractivity contribution in [3.05, 3.63) is 101 Å². The molecule has 3 aromatic carbocycles. The molecule has 3 aromatic rings. The molecule has 2 N–H and O–H groups in total. The zero-order valence-electron chi connectivity index (χ0n) is 16.2. The summed E-state index contributed by atoms with van der Waals surface area (Å²) < 4.78 is 14.5. The van der Waals surface area contributed by atoms with Crippen molar-refractivity contribution >= 4 is 11.6 Å². The van der Waals surface area contributed by atoms with Crippen molar-refractivity contribution < 1.29 is 9.18 Å². The smallest absolute Gasteiger partial charge is 0.248 e. The third-order valence-corrected chi connectivity index (χ3v) is 5.48. The molecular formula is C24H24FN3O. The van der Waals surface area contributed by atoms with Crippen molar-refractivity contribution in [2.45, 2.75) is 6.04 Å². The maximum absolute atomic E-state index is 14.5. The van der Waals surface area contributed by atoms with E-state index in [4.69, 9.17) is 5.73 Å². The van der Waals surface area contributed by atoms with Crippen LogP contribution in [0.25, 0.3) is 0 Å². The summed E-state index contributed by atoms with van der Waals surface area (Å²) in [5.74, 6) is -1.02. The van der Waals surface area contributed by atoms with Crippen LogP contribution in [0.15, 0.2) is 78.9 Å². The lowest BCUT2D eigenvalue weighted by Gasteiger charge is -2.40. The normalized spacial score (nSPS) is 14.9. The Morgan fingerprint density at radius 3 is 1.86 bits per heavy atom. The van der Waals surface area contributed by atoms with Gasteiger partial charge in [-0.05, 0) is 29.3 Å². The van der Waals surface area contributed by atoms with Crippen molar-refractivity contribution in [3.63, 3.8) is 0 Å². The van der Waals surface area contributed by atoms with Crippen LogP contribution >= 0.6 is 0 Å². The number of amides is 1. The highest BCUT2D eigenvalue weighted by molar-refractivity contribution is 5.93. The standard InChI is InChI=1S/C24H24FN3O/c25-21-17-20(24(26)29)11-12-22(21)27-13-15-28(16-14-27)23(18-7-3-1-4-8-18)19-9-5-2-6-10-19/h1-12,17,23H,13-16H2,(H2,26,29). The van der Waals surface area contributed by atoms with Crippen LogP contribution in [0, 0.1) is 5.82 Å². The minimum Gasteiger partial charge on any atom is -0.367 e. The number of carbonyl (C=O) groups is 1. The van der Waals surface area contributed by atoms with Gasteiger partial charge >= 0.3 is 0 Å². The van der Waals surface area contributed by atoms with Crippen molar-refractivity contribution in [2.75, 3.05) is 31.1 Å². The van der Waals surface area contributed by atoms with Gasteiger partial charge in [-0.25, -0.2) is 4.39 Å². The van der Waals surface area contributed by atoms with Crippen LogP contribution in [0.1, 0.15) is 27.5 Å². The largest absolute Gasteiger partial charge is 0.367 e. The molecule has 4 nitrogen and oxygen atoms in total. The van der Waals surface area contributed by atoms with Gasteiger partial charge in [-0.2, -0.15) is 0 Å². The van der Waals surface area contributed by atoms with Crippen molar-refractivity contribution in [3.8, 4) is 0 Å². The maximum atomic E-state index is 14.5. The molecular weight excluding hydrogens is 365 g/mol. The lowest BCUT2D eigenvalue weighted by molar-refractivity contribution is 0.1000. The first-order chi connectivity index (χ1) is 14.1. The number of primary amides is 1. The van der Waals surface area contributed by atoms with Gasteiger partial charge in [0.2, 0.25) is 5.91 Å². The Hall–Kier alpha value is -3.18. The number of piperazine rings is 1. The number of halogens is 1. The van der Waals surface area contributed by atoms with Gasteiger partial charge in [0.25, 0.3) is 0 Å². The van der Waals surface area contributed by atoms with Gasteiger partial charge in [-0.1, -0.05) is 60.7 Å². The molecule has 5 heteroatoms. The van der Waals surface area contributed by atoms with E-state index < -0.39 is 11.7 Å². The highest BCUT2D eigenvalue weighted by atomic mass is 19.1. The van der Waals surface area contributed by atoms with Gasteiger partial charge in [0.1, 0.15) is 5.82 Å². The Balaban J connectivity index is 1.54. The highest BCUT2D eigenvalue weighted by Crippen LogP contribution is 2.31. The quantitative estimate of drug-likeness (QED) is 0.721. The van der Waals surface area contributed by atoms with Gasteiger partial charge in [0.15, 0.2) is 0 Å². The number of rotatable bonds is 5.